The molecule has 1 amide bonds. The predicted octanol–water partition coefficient (Wildman–Crippen LogP) is 4.21. The second-order valence-electron chi connectivity index (χ2n) is 9.60. The molecule has 2 aromatic rings. The summed E-state index contributed by atoms with van der Waals surface area (Å²) < 4.78 is 61.0. The maximum Gasteiger partial charge on any atom is 0.490 e. The number of hydrogen-bond acceptors (Lipinski definition) is 6. The number of aliphatic carboxylic acids is 1. The van der Waals surface area contributed by atoms with Crippen LogP contribution in [0.25, 0.3) is 0 Å². The van der Waals surface area contributed by atoms with E-state index in [0.717, 1.165) is 43.9 Å². The summed E-state index contributed by atoms with van der Waals surface area (Å²) in [6, 6.07) is 12.3. The second-order valence-corrected chi connectivity index (χ2v) is 11.3. The van der Waals surface area contributed by atoms with Crippen LogP contribution in [-0.2, 0) is 21.2 Å². The Morgan fingerprint density at radius 1 is 1.05 bits per heavy atom. The zero-order chi connectivity index (χ0) is 30.1. The predicted molar refractivity (Wildman–Crippen MR) is 148 cm³/mol. The third kappa shape index (κ3) is 9.40. The molecule has 9 nitrogen and oxygen atoms in total. The third-order valence-electron chi connectivity index (χ3n) is 6.12. The van der Waals surface area contributed by atoms with Crippen LogP contribution in [0.15, 0.2) is 47.4 Å². The van der Waals surface area contributed by atoms with Gasteiger partial charge in [0.15, 0.2) is 0 Å². The van der Waals surface area contributed by atoms with E-state index >= 15 is 0 Å². The maximum absolute atomic E-state index is 13.3. The first-order chi connectivity index (χ1) is 18.7. The summed E-state index contributed by atoms with van der Waals surface area (Å²) in [4.78, 5) is 25.9. The molecule has 0 saturated carbocycles. The van der Waals surface area contributed by atoms with Crippen LogP contribution in [0.5, 0.6) is 0 Å². The van der Waals surface area contributed by atoms with Crippen molar-refractivity contribution in [2.75, 3.05) is 48.9 Å². The van der Waals surface area contributed by atoms with Crippen molar-refractivity contribution >= 4 is 33.3 Å². The highest BCUT2D eigenvalue weighted by molar-refractivity contribution is 7.92. The third-order valence-corrected chi connectivity index (χ3v) is 7.50. The van der Waals surface area contributed by atoms with E-state index < -0.39 is 22.2 Å². The van der Waals surface area contributed by atoms with Gasteiger partial charge >= 0.3 is 12.1 Å². The van der Waals surface area contributed by atoms with Crippen molar-refractivity contribution in [2.24, 2.45) is 5.92 Å². The van der Waals surface area contributed by atoms with Crippen molar-refractivity contribution in [3.05, 3.63) is 53.6 Å². The Hall–Kier alpha value is -3.32. The molecule has 40 heavy (non-hydrogen) atoms. The molecule has 1 fully saturated rings. The Balaban J connectivity index is 0.000000708. The molecule has 0 atom stereocenters. The van der Waals surface area contributed by atoms with Gasteiger partial charge in [-0.1, -0.05) is 26.0 Å². The molecule has 0 bridgehead atoms. The molecule has 2 aromatic carbocycles. The number of carboxylic acid groups (broad SMARTS) is 1. The number of nitrogens with one attached hydrogen (secondary N) is 2. The number of carboxylic acids is 1. The Morgan fingerprint density at radius 3 is 2.08 bits per heavy atom. The van der Waals surface area contributed by atoms with Gasteiger partial charge < -0.3 is 20.2 Å². The minimum Gasteiger partial charge on any atom is -0.475 e. The molecule has 3 N–H and O–H groups in total. The molecule has 222 valence electrons. The van der Waals surface area contributed by atoms with E-state index in [2.05, 4.69) is 28.8 Å². The van der Waals surface area contributed by atoms with E-state index in [-0.39, 0.29) is 10.8 Å². The van der Waals surface area contributed by atoms with E-state index in [1.165, 1.54) is 0 Å². The zero-order valence-electron chi connectivity index (χ0n) is 23.1. The number of halogens is 3. The largest absolute Gasteiger partial charge is 0.490 e. The SMILES string of the molecule is CCN(CC)C(=O)c1ccc(N2CCNCC2)c(NS(=O)(=O)c2ccc(CC(C)C)cc2)c1.O=C(O)C(F)(F)F. The van der Waals surface area contributed by atoms with Crippen LogP contribution in [0.2, 0.25) is 0 Å². The van der Waals surface area contributed by atoms with Gasteiger partial charge in [-0.3, -0.25) is 9.52 Å². The first-order valence-corrected chi connectivity index (χ1v) is 14.5. The van der Waals surface area contributed by atoms with Crippen molar-refractivity contribution < 1.29 is 36.3 Å². The number of anilines is 2. The summed E-state index contributed by atoms with van der Waals surface area (Å²) in [7, 11) is -3.81. The number of piperazine rings is 1. The lowest BCUT2D eigenvalue weighted by Gasteiger charge is -2.31. The number of carbonyl (C=O) groups is 2. The second kappa shape index (κ2) is 14.4. The van der Waals surface area contributed by atoms with Crippen molar-refractivity contribution in [2.45, 2.75) is 45.2 Å². The van der Waals surface area contributed by atoms with Crippen molar-refractivity contribution in [1.82, 2.24) is 10.2 Å². The van der Waals surface area contributed by atoms with Crippen LogP contribution in [0.4, 0.5) is 24.5 Å². The molecule has 1 aliphatic rings. The number of sulfonamides is 1. The highest BCUT2D eigenvalue weighted by Gasteiger charge is 2.38. The van der Waals surface area contributed by atoms with Crippen LogP contribution >= 0.6 is 0 Å². The normalized spacial score (nSPS) is 13.8. The fourth-order valence-corrected chi connectivity index (χ4v) is 5.17. The molecule has 13 heteroatoms. The molecule has 0 spiro atoms. The zero-order valence-corrected chi connectivity index (χ0v) is 23.9. The van der Waals surface area contributed by atoms with E-state index in [4.69, 9.17) is 9.90 Å². The van der Waals surface area contributed by atoms with Crippen molar-refractivity contribution in [3.63, 3.8) is 0 Å². The average Bonchev–Trinajstić information content (AvgIpc) is 2.89. The quantitative estimate of drug-likeness (QED) is 0.403. The van der Waals surface area contributed by atoms with E-state index in [9.17, 15) is 26.4 Å². The molecule has 0 aromatic heterocycles. The Kier molecular flexibility index (Phi) is 11.8. The molecule has 0 unspecified atom stereocenters. The molecule has 0 aliphatic carbocycles. The van der Waals surface area contributed by atoms with Crippen LogP contribution in [-0.4, -0.2) is 75.7 Å². The van der Waals surface area contributed by atoms with E-state index in [1.807, 2.05) is 32.0 Å². The number of hydrogen-bond donors (Lipinski definition) is 3. The molecular formula is C27H37F3N4O5S. The highest BCUT2D eigenvalue weighted by atomic mass is 32.2. The number of amides is 1. The molecular weight excluding hydrogens is 549 g/mol. The van der Waals surface area contributed by atoms with Gasteiger partial charge in [0.25, 0.3) is 15.9 Å². The molecule has 1 aliphatic heterocycles. The van der Waals surface area contributed by atoms with Gasteiger partial charge in [0.05, 0.1) is 16.3 Å². The van der Waals surface area contributed by atoms with Gasteiger partial charge in [0, 0.05) is 44.8 Å². The number of rotatable bonds is 9. The summed E-state index contributed by atoms with van der Waals surface area (Å²) in [5, 5.41) is 10.4. The van der Waals surface area contributed by atoms with Crippen LogP contribution in [0.1, 0.15) is 43.6 Å². The molecule has 0 radical (unpaired) electrons. The van der Waals surface area contributed by atoms with Gasteiger partial charge in [-0.05, 0) is 62.1 Å². The highest BCUT2D eigenvalue weighted by Crippen LogP contribution is 2.30. The van der Waals surface area contributed by atoms with Crippen LogP contribution < -0.4 is 14.9 Å². The summed E-state index contributed by atoms with van der Waals surface area (Å²) in [5.41, 5.74) is 2.80. The maximum atomic E-state index is 13.3. The lowest BCUT2D eigenvalue weighted by atomic mass is 10.0. The van der Waals surface area contributed by atoms with Gasteiger partial charge in [0.1, 0.15) is 0 Å². The number of benzene rings is 2. The minimum absolute atomic E-state index is 0.106. The van der Waals surface area contributed by atoms with E-state index in [1.54, 1.807) is 29.2 Å². The Labute approximate surface area is 233 Å². The standard InChI is InChI=1S/C25H36N4O3S.C2HF3O2/c1-5-28(6-2)25(30)21-9-12-24(29-15-13-26-14-16-29)23(18-21)27-33(31,32)22-10-7-20(8-11-22)17-19(3)4;3-2(4,5)1(6)7/h7-12,18-19,26-27H,5-6,13-17H2,1-4H3;(H,6,7). The minimum atomic E-state index is -5.08. The molecule has 3 rings (SSSR count). The number of carbonyl (C=O) groups excluding carboxylic acids is 1. The molecule has 1 saturated heterocycles. The summed E-state index contributed by atoms with van der Waals surface area (Å²) in [5.74, 6) is -2.36. The Morgan fingerprint density at radius 2 is 1.60 bits per heavy atom. The fourth-order valence-electron chi connectivity index (χ4n) is 4.11. The lowest BCUT2D eigenvalue weighted by molar-refractivity contribution is -0.192. The first-order valence-electron chi connectivity index (χ1n) is 13.0. The number of alkyl halides is 3. The topological polar surface area (TPSA) is 119 Å². The van der Waals surface area contributed by atoms with Gasteiger partial charge in [-0.2, -0.15) is 13.2 Å². The smallest absolute Gasteiger partial charge is 0.475 e. The monoisotopic (exact) mass is 586 g/mol. The molecule has 1 heterocycles. The van der Waals surface area contributed by atoms with Gasteiger partial charge in [0.2, 0.25) is 0 Å². The van der Waals surface area contributed by atoms with Gasteiger partial charge in [-0.25, -0.2) is 13.2 Å². The number of nitrogens with zero attached hydrogens (tertiary/aromatic N) is 2. The summed E-state index contributed by atoms with van der Waals surface area (Å²) in [6.07, 6.45) is -4.18. The lowest BCUT2D eigenvalue weighted by Crippen LogP contribution is -2.43. The van der Waals surface area contributed by atoms with Gasteiger partial charge in [-0.15, -0.1) is 0 Å². The average molecular weight is 587 g/mol. The van der Waals surface area contributed by atoms with Crippen molar-refractivity contribution in [1.29, 1.82) is 0 Å². The van der Waals surface area contributed by atoms with Crippen LogP contribution in [0, 0.1) is 5.92 Å². The summed E-state index contributed by atoms with van der Waals surface area (Å²) in [6.45, 7) is 12.5. The first kappa shape index (κ1) is 32.9. The summed E-state index contributed by atoms with van der Waals surface area (Å²) >= 11 is 0. The van der Waals surface area contributed by atoms with Crippen LogP contribution in [0.3, 0.4) is 0 Å². The van der Waals surface area contributed by atoms with Crippen molar-refractivity contribution in [3.8, 4) is 0 Å². The fraction of sp³-hybridized carbons (Fsp3) is 0.481. The Bertz CT molecular complexity index is 1240. The van der Waals surface area contributed by atoms with E-state index in [0.29, 0.717) is 30.3 Å².